The molecule has 1 unspecified atom stereocenters. The number of rotatable bonds is 4. The van der Waals surface area contributed by atoms with Crippen molar-refractivity contribution in [3.05, 3.63) is 47.5 Å². The van der Waals surface area contributed by atoms with Crippen molar-refractivity contribution in [3.8, 4) is 0 Å². The number of carbonyl (C=O) groups excluding carboxylic acids is 1. The van der Waals surface area contributed by atoms with Crippen LogP contribution in [0, 0.1) is 5.41 Å². The summed E-state index contributed by atoms with van der Waals surface area (Å²) in [6.45, 7) is 8.65. The van der Waals surface area contributed by atoms with E-state index in [0.29, 0.717) is 11.1 Å². The molecule has 2 N–H and O–H groups in total. The molecule has 0 saturated heterocycles. The predicted molar refractivity (Wildman–Crippen MR) is 77.9 cm³/mol. The number of hydrogen-bond acceptors (Lipinski definition) is 4. The lowest BCUT2D eigenvalue weighted by Gasteiger charge is -2.41. The van der Waals surface area contributed by atoms with Crippen LogP contribution in [0.5, 0.6) is 0 Å². The molecule has 0 heterocycles. The largest absolute Gasteiger partial charge is 0.478 e. The average molecular weight is 292 g/mol. The Morgan fingerprint density at radius 2 is 1.62 bits per heavy atom. The number of carbonyl (C=O) groups is 2. The summed E-state index contributed by atoms with van der Waals surface area (Å²) < 4.78 is 4.60. The van der Waals surface area contributed by atoms with E-state index < -0.39 is 23.0 Å². The molecule has 0 aromatic heterocycles. The van der Waals surface area contributed by atoms with Crippen LogP contribution in [0.3, 0.4) is 0 Å². The average Bonchev–Trinajstić information content (AvgIpc) is 2.43. The first-order valence-electron chi connectivity index (χ1n) is 6.39. The van der Waals surface area contributed by atoms with E-state index in [1.807, 2.05) is 0 Å². The van der Waals surface area contributed by atoms with Gasteiger partial charge in [0.2, 0.25) is 0 Å². The number of esters is 1. The van der Waals surface area contributed by atoms with Gasteiger partial charge in [0.25, 0.3) is 0 Å². The van der Waals surface area contributed by atoms with Crippen molar-refractivity contribution in [1.29, 1.82) is 0 Å². The molecule has 0 aliphatic carbocycles. The van der Waals surface area contributed by atoms with Crippen LogP contribution in [0.2, 0.25) is 0 Å². The van der Waals surface area contributed by atoms with E-state index in [4.69, 9.17) is 0 Å². The van der Waals surface area contributed by atoms with Crippen LogP contribution in [-0.2, 0) is 15.1 Å². The fourth-order valence-electron chi connectivity index (χ4n) is 2.18. The molecule has 0 aliphatic heterocycles. The Balaban J connectivity index is 3.39. The second-order valence-electron chi connectivity index (χ2n) is 5.81. The highest BCUT2D eigenvalue weighted by atomic mass is 16.5. The first-order valence-corrected chi connectivity index (χ1v) is 6.39. The summed E-state index contributed by atoms with van der Waals surface area (Å²) in [5.74, 6) is -1.78. The second-order valence-corrected chi connectivity index (χ2v) is 5.81. The summed E-state index contributed by atoms with van der Waals surface area (Å²) in [6, 6.07) is 5.97. The molecule has 0 fully saturated rings. The van der Waals surface area contributed by atoms with Gasteiger partial charge in [-0.05, 0) is 23.1 Å². The van der Waals surface area contributed by atoms with Crippen molar-refractivity contribution < 1.29 is 24.5 Å². The maximum Gasteiger partial charge on any atom is 0.337 e. The first-order chi connectivity index (χ1) is 9.55. The van der Waals surface area contributed by atoms with E-state index >= 15 is 0 Å². The molecule has 0 bridgehead atoms. The molecular formula is C16H20O5. The number of aliphatic hydroxyl groups is 1. The van der Waals surface area contributed by atoms with Crippen LogP contribution in [-0.4, -0.2) is 29.3 Å². The number of benzene rings is 1. The van der Waals surface area contributed by atoms with Gasteiger partial charge in [-0.15, -0.1) is 0 Å². The number of carboxylic acids is 1. The fraction of sp³-hybridized carbons (Fsp3) is 0.375. The monoisotopic (exact) mass is 292 g/mol. The quantitative estimate of drug-likeness (QED) is 0.657. The maximum absolute atomic E-state index is 11.4. The van der Waals surface area contributed by atoms with Crippen molar-refractivity contribution in [3.63, 3.8) is 0 Å². The van der Waals surface area contributed by atoms with Gasteiger partial charge in [0.05, 0.1) is 18.2 Å². The second kappa shape index (κ2) is 5.69. The summed E-state index contributed by atoms with van der Waals surface area (Å²) in [4.78, 5) is 22.7. The van der Waals surface area contributed by atoms with Gasteiger partial charge in [0, 0.05) is 0 Å². The van der Waals surface area contributed by atoms with Crippen LogP contribution in [0.15, 0.2) is 36.4 Å². The lowest BCUT2D eigenvalue weighted by Crippen LogP contribution is -2.43. The topological polar surface area (TPSA) is 83.8 Å². The molecule has 1 atom stereocenters. The first kappa shape index (κ1) is 16.9. The van der Waals surface area contributed by atoms with E-state index in [0.717, 1.165) is 0 Å². The van der Waals surface area contributed by atoms with Gasteiger partial charge in [0.1, 0.15) is 5.60 Å². The van der Waals surface area contributed by atoms with E-state index in [1.54, 1.807) is 20.8 Å². The molecule has 0 radical (unpaired) electrons. The third-order valence-corrected chi connectivity index (χ3v) is 3.50. The van der Waals surface area contributed by atoms with E-state index in [9.17, 15) is 19.8 Å². The number of carboxylic acid groups (broad SMARTS) is 1. The summed E-state index contributed by atoms with van der Waals surface area (Å²) in [5, 5.41) is 20.1. The highest BCUT2D eigenvalue weighted by Gasteiger charge is 2.46. The zero-order valence-corrected chi connectivity index (χ0v) is 12.6. The molecular weight excluding hydrogens is 272 g/mol. The van der Waals surface area contributed by atoms with Crippen molar-refractivity contribution >= 4 is 11.9 Å². The molecule has 114 valence electrons. The van der Waals surface area contributed by atoms with Gasteiger partial charge < -0.3 is 14.9 Å². The zero-order chi connectivity index (χ0) is 16.4. The van der Waals surface area contributed by atoms with Gasteiger partial charge >= 0.3 is 11.9 Å². The van der Waals surface area contributed by atoms with E-state index in [-0.39, 0.29) is 5.57 Å². The molecule has 0 spiro atoms. The summed E-state index contributed by atoms with van der Waals surface area (Å²) >= 11 is 0. The van der Waals surface area contributed by atoms with E-state index in [1.165, 1.54) is 31.4 Å². The summed E-state index contributed by atoms with van der Waals surface area (Å²) in [6.07, 6.45) is 0. The number of aliphatic carboxylic acids is 1. The van der Waals surface area contributed by atoms with E-state index in [2.05, 4.69) is 11.3 Å². The minimum Gasteiger partial charge on any atom is -0.478 e. The Labute approximate surface area is 123 Å². The summed E-state index contributed by atoms with van der Waals surface area (Å²) in [5.41, 5.74) is -2.20. The van der Waals surface area contributed by atoms with Crippen molar-refractivity contribution in [1.82, 2.24) is 0 Å². The smallest absolute Gasteiger partial charge is 0.337 e. The Kier molecular flexibility index (Phi) is 4.59. The lowest BCUT2D eigenvalue weighted by molar-refractivity contribution is -0.138. The Morgan fingerprint density at radius 1 is 1.14 bits per heavy atom. The Hall–Kier alpha value is -2.14. The molecule has 1 aromatic carbocycles. The van der Waals surface area contributed by atoms with Crippen LogP contribution >= 0.6 is 0 Å². The third-order valence-electron chi connectivity index (χ3n) is 3.50. The molecule has 1 aromatic rings. The molecule has 5 nitrogen and oxygen atoms in total. The molecule has 5 heteroatoms. The van der Waals surface area contributed by atoms with Crippen molar-refractivity contribution in [2.24, 2.45) is 5.41 Å². The van der Waals surface area contributed by atoms with Crippen LogP contribution in [0.1, 0.15) is 36.7 Å². The number of methoxy groups -OCH3 is 1. The Bertz CT molecular complexity index is 565. The zero-order valence-electron chi connectivity index (χ0n) is 12.6. The van der Waals surface area contributed by atoms with Crippen molar-refractivity contribution in [2.45, 2.75) is 26.4 Å². The highest BCUT2D eigenvalue weighted by Crippen LogP contribution is 2.44. The normalized spacial score (nSPS) is 14.1. The highest BCUT2D eigenvalue weighted by molar-refractivity contribution is 5.90. The van der Waals surface area contributed by atoms with Gasteiger partial charge in [-0.25, -0.2) is 9.59 Å². The predicted octanol–water partition coefficient (Wildman–Crippen LogP) is 2.35. The molecule has 0 aliphatic rings. The number of ether oxygens (including phenoxy) is 1. The lowest BCUT2D eigenvalue weighted by atomic mass is 9.68. The molecule has 0 amide bonds. The van der Waals surface area contributed by atoms with Gasteiger partial charge in [-0.1, -0.05) is 39.5 Å². The molecule has 0 saturated carbocycles. The van der Waals surface area contributed by atoms with Gasteiger partial charge in [-0.3, -0.25) is 0 Å². The Morgan fingerprint density at radius 3 is 1.95 bits per heavy atom. The third kappa shape index (κ3) is 2.97. The van der Waals surface area contributed by atoms with Crippen LogP contribution < -0.4 is 0 Å². The van der Waals surface area contributed by atoms with Gasteiger partial charge in [-0.2, -0.15) is 0 Å². The maximum atomic E-state index is 11.4. The number of hydrogen-bond donors (Lipinski definition) is 2. The standard InChI is InChI=1S/C16H20O5/c1-10(13(17)18)16(20,15(2,3)4)12-8-6-11(7-9-12)14(19)21-5/h6-9,20H,1H2,2-5H3,(H,17,18). The molecule has 21 heavy (non-hydrogen) atoms. The van der Waals surface area contributed by atoms with Crippen LogP contribution in [0.4, 0.5) is 0 Å². The minimum absolute atomic E-state index is 0.318. The summed E-state index contributed by atoms with van der Waals surface area (Å²) in [7, 11) is 1.27. The van der Waals surface area contributed by atoms with Crippen LogP contribution in [0.25, 0.3) is 0 Å². The molecule has 1 rings (SSSR count). The van der Waals surface area contributed by atoms with Gasteiger partial charge in [0.15, 0.2) is 0 Å². The minimum atomic E-state index is -1.76. The SMILES string of the molecule is C=C(C(=O)O)C(O)(c1ccc(C(=O)OC)cc1)C(C)(C)C. The van der Waals surface area contributed by atoms with Crippen molar-refractivity contribution in [2.75, 3.05) is 7.11 Å². The fourth-order valence-corrected chi connectivity index (χ4v) is 2.18.